The second-order valence-corrected chi connectivity index (χ2v) is 10.2. The first-order valence-electron chi connectivity index (χ1n) is 3.50. The van der Waals surface area contributed by atoms with E-state index >= 15 is 0 Å². The van der Waals surface area contributed by atoms with E-state index in [-0.39, 0.29) is 28.2 Å². The van der Waals surface area contributed by atoms with Gasteiger partial charge in [0, 0.05) is 0 Å². The Morgan fingerprint density at radius 1 is 0.233 bits per heavy atom. The predicted octanol–water partition coefficient (Wildman–Crippen LogP) is -8.77. The molecule has 0 unspecified atom stereocenters. The van der Waals surface area contributed by atoms with Gasteiger partial charge in [-0.15, -0.1) is 0 Å². The zero-order valence-corrected chi connectivity index (χ0v) is 28.3. The quantitative estimate of drug-likeness (QED) is 0.0792. The molecule has 0 spiro atoms. The van der Waals surface area contributed by atoms with Gasteiger partial charge in [0.2, 0.25) is 0 Å². The van der Waals surface area contributed by atoms with Crippen molar-refractivity contribution in [1.82, 2.24) is 0 Å². The molecule has 0 bridgehead atoms. The standard InChI is InChI=1S/6FH.12H2O.6O.6Sb/h6*1H;12*1H2;;;;;;;;;;;;/q;;;;;;;;;;;;;;;;;;;;;;;;6*+2/p-12. The second kappa shape index (κ2) is 69.7. The number of halogens is 6. The molecule has 0 fully saturated rings. The van der Waals surface area contributed by atoms with Gasteiger partial charge in [0.05, 0.1) is 0 Å². The zero-order chi connectivity index (χ0) is 21.5. The summed E-state index contributed by atoms with van der Waals surface area (Å²) in [7, 11) is 0. The van der Waals surface area contributed by atoms with Crippen LogP contribution in [0.25, 0.3) is 0 Å². The van der Waals surface area contributed by atoms with Crippen LogP contribution >= 0.6 is 0 Å². The number of hydrogen-bond acceptors (Lipinski definition) is 6. The van der Waals surface area contributed by atoms with E-state index in [1.165, 1.54) is 0 Å². The summed E-state index contributed by atoms with van der Waals surface area (Å²) in [5.74, 6) is 0. The number of hydrogen-bond donors (Lipinski definition) is 12. The summed E-state index contributed by atoms with van der Waals surface area (Å²) in [4.78, 5) is 0. The Labute approximate surface area is 210 Å². The summed E-state index contributed by atoms with van der Waals surface area (Å²) in [6.07, 6.45) is 0. The Bertz CT molecular complexity index is 272. The normalized spacial score (nSPS) is 5.20. The molecule has 0 atom stereocenters. The first kappa shape index (κ1) is 76.7. The summed E-state index contributed by atoms with van der Waals surface area (Å²) in [6, 6.07) is 0. The maximum atomic E-state index is 8.82. The summed E-state index contributed by atoms with van der Waals surface area (Å²) in [6.45, 7) is 0. The molecule has 0 aromatic heterocycles. The zero-order valence-electron chi connectivity index (χ0n) is 12.9. The molecule has 0 rings (SSSR count). The maximum absolute atomic E-state index is 8.82. The predicted molar refractivity (Wildman–Crippen MR) is 80.3 cm³/mol. The van der Waals surface area contributed by atoms with E-state index < -0.39 is 126 Å². The van der Waals surface area contributed by atoms with Gasteiger partial charge in [0.15, 0.2) is 0 Å². The van der Waals surface area contributed by atoms with Crippen LogP contribution in [0.3, 0.4) is 0 Å². The van der Waals surface area contributed by atoms with Crippen molar-refractivity contribution in [3.63, 3.8) is 0 Å². The first-order chi connectivity index (χ1) is 10.4. The van der Waals surface area contributed by atoms with Crippen molar-refractivity contribution >= 4 is 126 Å². The molecule has 198 valence electrons. The fraction of sp³-hybridized carbons (Fsp3) is 0. The van der Waals surface area contributed by atoms with Gasteiger partial charge in [-0.1, -0.05) is 0 Å². The molecule has 0 saturated heterocycles. The Morgan fingerprint density at radius 3 is 0.233 bits per heavy atom. The van der Waals surface area contributed by atoms with E-state index in [1.807, 2.05) is 0 Å². The van der Waals surface area contributed by atoms with Gasteiger partial charge in [0.1, 0.15) is 0 Å². The Kier molecular flexibility index (Phi) is 178. The third-order valence-electron chi connectivity index (χ3n) is 0. The average molecular weight is 1150 g/mol. The summed E-state index contributed by atoms with van der Waals surface area (Å²) in [5.41, 5.74) is 0. The van der Waals surface area contributed by atoms with Gasteiger partial charge < -0.3 is 0 Å². The van der Waals surface area contributed by atoms with Crippen molar-refractivity contribution in [2.24, 2.45) is 0 Å². The topological polar surface area (TPSA) is 345 Å². The number of rotatable bonds is 0. The van der Waals surface area contributed by atoms with Crippen molar-refractivity contribution in [3.8, 4) is 0 Å². The SMILES string of the molecule is F.F.F.F.F.F.[O]=[Sb]([OH])[OH].[O]=[Sb]([OH])[OH].[O]=[Sb]([OH])[OH].[O]=[Sb]([OH])[OH].[O]=[Sb]([OH])[OH].[O]=[Sb]([OH])[OH]. The molecule has 0 aromatic rings. The summed E-state index contributed by atoms with van der Waals surface area (Å²) in [5, 5.41) is 0. The van der Waals surface area contributed by atoms with Crippen LogP contribution in [0.5, 0.6) is 0 Å². The fourth-order valence-electron chi connectivity index (χ4n) is 0. The average Bonchev–Trinajstić information content (AvgIpc) is 2.08. The molecule has 30 heteroatoms. The molecule has 12 N–H and O–H groups in total. The Morgan fingerprint density at radius 2 is 0.233 bits per heavy atom. The van der Waals surface area contributed by atoms with E-state index in [9.17, 15) is 0 Å². The van der Waals surface area contributed by atoms with Crippen LogP contribution in [0, 0.1) is 0 Å². The molecule has 30 heavy (non-hydrogen) atoms. The first-order valence-corrected chi connectivity index (χ1v) is 23.4. The van der Waals surface area contributed by atoms with E-state index in [0.29, 0.717) is 0 Å². The molecular formula is H18F6O18Sb6. The molecule has 0 aliphatic heterocycles. The van der Waals surface area contributed by atoms with Crippen LogP contribution < -0.4 is 0 Å². The van der Waals surface area contributed by atoms with Crippen LogP contribution in [0.4, 0.5) is 28.2 Å². The van der Waals surface area contributed by atoms with Gasteiger partial charge in [-0.05, 0) is 0 Å². The van der Waals surface area contributed by atoms with Crippen molar-refractivity contribution < 1.29 is 87.0 Å². The minimum absolute atomic E-state index is 0. The summed E-state index contributed by atoms with van der Waals surface area (Å²) >= 11 is -22.2. The molecule has 0 heterocycles. The third-order valence-corrected chi connectivity index (χ3v) is 0. The molecule has 0 aliphatic rings. The molecule has 0 saturated carbocycles. The van der Waals surface area contributed by atoms with E-state index in [0.717, 1.165) is 0 Å². The van der Waals surface area contributed by atoms with Crippen molar-refractivity contribution in [3.05, 3.63) is 0 Å². The monoisotopic (exact) mass is 1150 g/mol. The molecule has 6 radical (unpaired) electrons. The van der Waals surface area contributed by atoms with Gasteiger partial charge in [-0.2, -0.15) is 0 Å². The Hall–Kier alpha value is 2.81. The van der Waals surface area contributed by atoms with Gasteiger partial charge in [-0.3, -0.25) is 28.2 Å². The van der Waals surface area contributed by atoms with Gasteiger partial charge >= 0.3 is 185 Å². The minimum atomic E-state index is -3.70. The third kappa shape index (κ3) is 3470. The van der Waals surface area contributed by atoms with Crippen LogP contribution in [-0.2, 0) is 18.1 Å². The molecular weight excluding hydrogens is 1130 g/mol. The van der Waals surface area contributed by atoms with Crippen LogP contribution in [0.2, 0.25) is 0 Å². The van der Waals surface area contributed by atoms with Crippen LogP contribution in [0.15, 0.2) is 0 Å². The van der Waals surface area contributed by atoms with Crippen molar-refractivity contribution in [1.29, 1.82) is 0 Å². The molecule has 18 nitrogen and oxygen atoms in total. The van der Waals surface area contributed by atoms with Crippen molar-refractivity contribution in [2.75, 3.05) is 0 Å². The van der Waals surface area contributed by atoms with E-state index in [1.54, 1.807) is 0 Å². The van der Waals surface area contributed by atoms with E-state index in [2.05, 4.69) is 0 Å². The molecule has 0 aromatic carbocycles. The van der Waals surface area contributed by atoms with Crippen LogP contribution in [-0.4, -0.2) is 167 Å². The van der Waals surface area contributed by atoms with Gasteiger partial charge in [0.25, 0.3) is 0 Å². The molecule has 0 aliphatic carbocycles. The second-order valence-electron chi connectivity index (χ2n) is 1.52. The van der Waals surface area contributed by atoms with E-state index in [4.69, 9.17) is 58.7 Å². The van der Waals surface area contributed by atoms with Crippen molar-refractivity contribution in [2.45, 2.75) is 0 Å². The molecule has 0 amide bonds. The fourth-order valence-corrected chi connectivity index (χ4v) is 0. The summed E-state index contributed by atoms with van der Waals surface area (Å²) < 4.78 is 140. The van der Waals surface area contributed by atoms with Crippen LogP contribution in [0.1, 0.15) is 0 Å². The Balaban J connectivity index is -0.0000000125. The van der Waals surface area contributed by atoms with Gasteiger partial charge in [-0.25, -0.2) is 0 Å².